The zero-order valence-electron chi connectivity index (χ0n) is 6.41. The zero-order chi connectivity index (χ0) is 9.14. The van der Waals surface area contributed by atoms with E-state index in [1.165, 1.54) is 13.2 Å². The normalized spacial score (nSPS) is 17.3. The summed E-state index contributed by atoms with van der Waals surface area (Å²) in [7, 11) is 1.41. The molecule has 0 amide bonds. The minimum atomic E-state index is -0.451. The third-order valence-electron chi connectivity index (χ3n) is 1.46. The number of hydrogen-bond donors (Lipinski definition) is 0. The molecule has 1 rings (SSSR count). The van der Waals surface area contributed by atoms with Gasteiger partial charge >= 0.3 is 5.70 Å². The second kappa shape index (κ2) is 3.71. The van der Waals surface area contributed by atoms with Gasteiger partial charge in [0.05, 0.1) is 12.0 Å². The summed E-state index contributed by atoms with van der Waals surface area (Å²) in [6.07, 6.45) is 3.89. The van der Waals surface area contributed by atoms with E-state index in [4.69, 9.17) is 4.74 Å². The first-order valence-electron chi connectivity index (χ1n) is 3.28. The number of halogens is 1. The van der Waals surface area contributed by atoms with Crippen LogP contribution in [0.3, 0.4) is 0 Å². The van der Waals surface area contributed by atoms with Crippen LogP contribution in [-0.4, -0.2) is 12.0 Å². The SMILES string of the molecule is COC1=C(Br)[CH]CC=C1[N+](=O)[O-]. The van der Waals surface area contributed by atoms with Gasteiger partial charge in [-0.15, -0.1) is 0 Å². The number of nitrogens with zero attached hydrogens (tertiary/aromatic N) is 1. The monoisotopic (exact) mass is 232 g/mol. The van der Waals surface area contributed by atoms with Crippen molar-refractivity contribution >= 4 is 15.9 Å². The Labute approximate surface area is 78.2 Å². The third-order valence-corrected chi connectivity index (χ3v) is 2.14. The van der Waals surface area contributed by atoms with Crippen LogP contribution in [0.1, 0.15) is 6.42 Å². The average Bonchev–Trinajstić information content (AvgIpc) is 2.03. The van der Waals surface area contributed by atoms with E-state index >= 15 is 0 Å². The smallest absolute Gasteiger partial charge is 0.307 e. The first-order valence-corrected chi connectivity index (χ1v) is 4.08. The van der Waals surface area contributed by atoms with E-state index in [1.807, 2.05) is 6.42 Å². The fourth-order valence-electron chi connectivity index (χ4n) is 0.941. The predicted molar refractivity (Wildman–Crippen MR) is 47.0 cm³/mol. The largest absolute Gasteiger partial charge is 0.490 e. The van der Waals surface area contributed by atoms with Crippen LogP contribution < -0.4 is 0 Å². The number of nitro groups is 1. The molecule has 1 aliphatic carbocycles. The number of methoxy groups -OCH3 is 1. The minimum Gasteiger partial charge on any atom is -0.490 e. The van der Waals surface area contributed by atoms with E-state index in [0.29, 0.717) is 10.9 Å². The summed E-state index contributed by atoms with van der Waals surface area (Å²) >= 11 is 3.18. The minimum absolute atomic E-state index is 0.0203. The molecule has 1 aliphatic rings. The van der Waals surface area contributed by atoms with E-state index in [9.17, 15) is 10.1 Å². The van der Waals surface area contributed by atoms with Crippen molar-refractivity contribution in [3.05, 3.63) is 38.5 Å². The molecule has 0 aromatic rings. The molecular formula is C7H7BrNO3. The molecule has 0 aromatic heterocycles. The molecule has 65 valence electrons. The molecule has 5 heteroatoms. The molecule has 0 saturated carbocycles. The van der Waals surface area contributed by atoms with Gasteiger partial charge < -0.3 is 4.74 Å². The van der Waals surface area contributed by atoms with Crippen molar-refractivity contribution in [3.63, 3.8) is 0 Å². The van der Waals surface area contributed by atoms with Crippen LogP contribution in [0.25, 0.3) is 0 Å². The molecule has 0 atom stereocenters. The number of rotatable bonds is 2. The number of hydrogen-bond acceptors (Lipinski definition) is 3. The quantitative estimate of drug-likeness (QED) is 0.541. The van der Waals surface area contributed by atoms with Gasteiger partial charge in [-0.1, -0.05) is 15.9 Å². The van der Waals surface area contributed by atoms with Crippen LogP contribution in [0.5, 0.6) is 0 Å². The van der Waals surface area contributed by atoms with Gasteiger partial charge in [-0.25, -0.2) is 0 Å². The topological polar surface area (TPSA) is 52.4 Å². The first-order chi connectivity index (χ1) is 5.66. The Bertz CT molecular complexity index is 270. The Morgan fingerprint density at radius 1 is 1.75 bits per heavy atom. The Kier molecular flexibility index (Phi) is 2.86. The molecule has 0 saturated heterocycles. The molecule has 0 fully saturated rings. The molecular weight excluding hydrogens is 226 g/mol. The highest BCUT2D eigenvalue weighted by Gasteiger charge is 2.24. The predicted octanol–water partition coefficient (Wildman–Crippen LogP) is 2.01. The summed E-state index contributed by atoms with van der Waals surface area (Å²) in [4.78, 5) is 10.0. The maximum atomic E-state index is 10.5. The van der Waals surface area contributed by atoms with Crippen molar-refractivity contribution in [3.8, 4) is 0 Å². The molecule has 0 N–H and O–H groups in total. The highest BCUT2D eigenvalue weighted by molar-refractivity contribution is 9.11. The van der Waals surface area contributed by atoms with Gasteiger partial charge in [0, 0.05) is 10.9 Å². The van der Waals surface area contributed by atoms with Gasteiger partial charge in [0.2, 0.25) is 5.76 Å². The fraction of sp³-hybridized carbons (Fsp3) is 0.286. The van der Waals surface area contributed by atoms with Gasteiger partial charge in [0.1, 0.15) is 0 Å². The lowest BCUT2D eigenvalue weighted by Gasteiger charge is -2.10. The zero-order valence-corrected chi connectivity index (χ0v) is 8.00. The second-order valence-electron chi connectivity index (χ2n) is 2.17. The summed E-state index contributed by atoms with van der Waals surface area (Å²) in [6, 6.07) is 0. The molecule has 0 unspecified atom stereocenters. The van der Waals surface area contributed by atoms with E-state index in [-0.39, 0.29) is 11.5 Å². The molecule has 0 bridgehead atoms. The summed E-state index contributed by atoms with van der Waals surface area (Å²) < 4.78 is 5.51. The highest BCUT2D eigenvalue weighted by Crippen LogP contribution is 2.28. The van der Waals surface area contributed by atoms with Crippen molar-refractivity contribution in [2.24, 2.45) is 0 Å². The van der Waals surface area contributed by atoms with Gasteiger partial charge in [-0.05, 0) is 12.5 Å². The van der Waals surface area contributed by atoms with Crippen LogP contribution in [0.4, 0.5) is 0 Å². The highest BCUT2D eigenvalue weighted by atomic mass is 79.9. The molecule has 0 heterocycles. The average molecular weight is 233 g/mol. The summed E-state index contributed by atoms with van der Waals surface area (Å²) in [5, 5.41) is 10.5. The van der Waals surface area contributed by atoms with Gasteiger partial charge in [0.15, 0.2) is 0 Å². The Hall–Kier alpha value is -0.840. The van der Waals surface area contributed by atoms with Crippen LogP contribution in [0, 0.1) is 16.5 Å². The number of ether oxygens (including phenoxy) is 1. The summed E-state index contributed by atoms with van der Waals surface area (Å²) in [6.45, 7) is 0. The Morgan fingerprint density at radius 2 is 2.42 bits per heavy atom. The van der Waals surface area contributed by atoms with Crippen molar-refractivity contribution in [1.82, 2.24) is 0 Å². The van der Waals surface area contributed by atoms with Crippen LogP contribution in [-0.2, 0) is 4.74 Å². The van der Waals surface area contributed by atoms with E-state index in [2.05, 4.69) is 15.9 Å². The number of allylic oxidation sites excluding steroid dienone is 2. The summed E-state index contributed by atoms with van der Waals surface area (Å²) in [5.41, 5.74) is 0.0203. The Balaban J connectivity index is 3.00. The van der Waals surface area contributed by atoms with Crippen LogP contribution in [0.15, 0.2) is 22.0 Å². The van der Waals surface area contributed by atoms with Crippen LogP contribution >= 0.6 is 15.9 Å². The van der Waals surface area contributed by atoms with Crippen molar-refractivity contribution < 1.29 is 9.66 Å². The van der Waals surface area contributed by atoms with E-state index < -0.39 is 4.92 Å². The lowest BCUT2D eigenvalue weighted by Crippen LogP contribution is -2.08. The molecule has 1 radical (unpaired) electrons. The molecule has 4 nitrogen and oxygen atoms in total. The van der Waals surface area contributed by atoms with Crippen molar-refractivity contribution in [2.45, 2.75) is 6.42 Å². The van der Waals surface area contributed by atoms with Crippen molar-refractivity contribution in [1.29, 1.82) is 0 Å². The maximum Gasteiger partial charge on any atom is 0.307 e. The van der Waals surface area contributed by atoms with Gasteiger partial charge in [0.25, 0.3) is 0 Å². The standard InChI is InChI=1S/C7H7BrNO3/c1-12-7-5(8)3-2-4-6(7)9(10)11/h3-4H,2H2,1H3. The van der Waals surface area contributed by atoms with Gasteiger partial charge in [-0.2, -0.15) is 0 Å². The lowest BCUT2D eigenvalue weighted by molar-refractivity contribution is -0.424. The second-order valence-corrected chi connectivity index (χ2v) is 3.02. The van der Waals surface area contributed by atoms with E-state index in [1.54, 1.807) is 0 Å². The molecule has 0 spiro atoms. The first kappa shape index (κ1) is 9.25. The molecule has 0 aliphatic heterocycles. The molecule has 0 aromatic carbocycles. The molecule has 12 heavy (non-hydrogen) atoms. The third kappa shape index (κ3) is 1.66. The van der Waals surface area contributed by atoms with Crippen molar-refractivity contribution in [2.75, 3.05) is 7.11 Å². The van der Waals surface area contributed by atoms with Crippen LogP contribution in [0.2, 0.25) is 0 Å². The lowest BCUT2D eigenvalue weighted by atomic mass is 10.1. The fourth-order valence-corrected chi connectivity index (χ4v) is 1.49. The van der Waals surface area contributed by atoms with Gasteiger partial charge in [-0.3, -0.25) is 10.1 Å². The maximum absolute atomic E-state index is 10.5. The summed E-state index contributed by atoms with van der Waals surface area (Å²) in [5.74, 6) is 0.284. The Morgan fingerprint density at radius 3 is 2.83 bits per heavy atom. The van der Waals surface area contributed by atoms with E-state index in [0.717, 1.165) is 0 Å².